The van der Waals surface area contributed by atoms with Gasteiger partial charge in [-0.1, -0.05) is 30.3 Å². The van der Waals surface area contributed by atoms with Crippen LogP contribution >= 0.6 is 0 Å². The van der Waals surface area contributed by atoms with Crippen molar-refractivity contribution in [3.8, 4) is 17.2 Å². The smallest absolute Gasteiger partial charge is 0.343 e. The van der Waals surface area contributed by atoms with E-state index >= 15 is 0 Å². The average Bonchev–Trinajstić information content (AvgIpc) is 3.03. The summed E-state index contributed by atoms with van der Waals surface area (Å²) in [5.74, 6) is 0.845. The normalized spacial score (nSPS) is 13.8. The zero-order chi connectivity index (χ0) is 19.5. The van der Waals surface area contributed by atoms with Crippen molar-refractivity contribution < 1.29 is 23.8 Å². The lowest BCUT2D eigenvalue weighted by Crippen LogP contribution is -2.08. The maximum Gasteiger partial charge on any atom is 0.343 e. The summed E-state index contributed by atoms with van der Waals surface area (Å²) in [6.07, 6.45) is 1.69. The van der Waals surface area contributed by atoms with Crippen molar-refractivity contribution in [3.05, 3.63) is 95.2 Å². The Balaban J connectivity index is 1.53. The number of Topliss-reactive ketones (excluding diaryl/α,β-unsaturated/α-hetero) is 1. The Morgan fingerprint density at radius 2 is 1.64 bits per heavy atom. The van der Waals surface area contributed by atoms with E-state index in [-0.39, 0.29) is 11.5 Å². The van der Waals surface area contributed by atoms with Crippen LogP contribution in [-0.4, -0.2) is 18.9 Å². The average molecular weight is 372 g/mol. The fourth-order valence-electron chi connectivity index (χ4n) is 2.82. The molecule has 138 valence electrons. The van der Waals surface area contributed by atoms with Crippen LogP contribution < -0.4 is 14.2 Å². The zero-order valence-electron chi connectivity index (χ0n) is 15.0. The van der Waals surface area contributed by atoms with Crippen LogP contribution in [0.4, 0.5) is 0 Å². The molecule has 0 aliphatic carbocycles. The standard InChI is InChI=1S/C23H16O5/c1-26-17-9-7-16(8-10-17)23(25)27-18-11-12-19-20(14-18)28-21(22(19)24)13-15-5-3-2-4-6-15/h2-14H,1H3. The van der Waals surface area contributed by atoms with Crippen LogP contribution in [0, 0.1) is 0 Å². The van der Waals surface area contributed by atoms with E-state index in [1.165, 1.54) is 0 Å². The number of fused-ring (bicyclic) bond motifs is 1. The number of hydrogen-bond donors (Lipinski definition) is 0. The van der Waals surface area contributed by atoms with E-state index in [1.807, 2.05) is 30.3 Å². The quantitative estimate of drug-likeness (QED) is 0.382. The summed E-state index contributed by atoms with van der Waals surface area (Å²) in [6.45, 7) is 0. The molecule has 28 heavy (non-hydrogen) atoms. The number of benzene rings is 3. The van der Waals surface area contributed by atoms with E-state index in [4.69, 9.17) is 14.2 Å². The maximum absolute atomic E-state index is 12.5. The Hall–Kier alpha value is -3.86. The Labute approximate surface area is 161 Å². The van der Waals surface area contributed by atoms with Crippen molar-refractivity contribution in [1.29, 1.82) is 0 Å². The van der Waals surface area contributed by atoms with Gasteiger partial charge in [-0.3, -0.25) is 4.79 Å². The second-order valence-corrected chi connectivity index (χ2v) is 6.13. The van der Waals surface area contributed by atoms with Gasteiger partial charge in [0.15, 0.2) is 5.76 Å². The zero-order valence-corrected chi connectivity index (χ0v) is 15.0. The van der Waals surface area contributed by atoms with Gasteiger partial charge < -0.3 is 14.2 Å². The van der Waals surface area contributed by atoms with E-state index in [1.54, 1.807) is 55.7 Å². The summed E-state index contributed by atoms with van der Waals surface area (Å²) in [5.41, 5.74) is 1.69. The van der Waals surface area contributed by atoms with Gasteiger partial charge in [0.05, 0.1) is 18.2 Å². The van der Waals surface area contributed by atoms with Gasteiger partial charge in [0.1, 0.15) is 17.2 Å². The first-order valence-corrected chi connectivity index (χ1v) is 8.63. The Morgan fingerprint density at radius 1 is 0.929 bits per heavy atom. The highest BCUT2D eigenvalue weighted by Gasteiger charge is 2.28. The predicted molar refractivity (Wildman–Crippen MR) is 104 cm³/mol. The molecule has 0 spiro atoms. The molecule has 3 aromatic carbocycles. The van der Waals surface area contributed by atoms with Crippen LogP contribution in [0.5, 0.6) is 17.2 Å². The predicted octanol–water partition coefficient (Wildman–Crippen LogP) is 4.53. The molecule has 5 heteroatoms. The fourth-order valence-corrected chi connectivity index (χ4v) is 2.82. The monoisotopic (exact) mass is 372 g/mol. The van der Waals surface area contributed by atoms with Crippen LogP contribution in [0.3, 0.4) is 0 Å². The summed E-state index contributed by atoms with van der Waals surface area (Å²) >= 11 is 0. The molecular weight excluding hydrogens is 356 g/mol. The molecule has 1 aliphatic rings. The molecule has 5 nitrogen and oxygen atoms in total. The molecule has 0 saturated carbocycles. The lowest BCUT2D eigenvalue weighted by Gasteiger charge is -2.06. The van der Waals surface area contributed by atoms with Gasteiger partial charge in [0.25, 0.3) is 0 Å². The van der Waals surface area contributed by atoms with Crippen LogP contribution in [-0.2, 0) is 0 Å². The number of rotatable bonds is 4. The van der Waals surface area contributed by atoms with E-state index < -0.39 is 5.97 Å². The molecule has 0 unspecified atom stereocenters. The molecule has 1 heterocycles. The van der Waals surface area contributed by atoms with Gasteiger partial charge in [0, 0.05) is 6.07 Å². The number of carbonyl (C=O) groups excluding carboxylic acids is 2. The van der Waals surface area contributed by atoms with Crippen molar-refractivity contribution >= 4 is 17.8 Å². The fraction of sp³-hybridized carbons (Fsp3) is 0.0435. The number of ether oxygens (including phenoxy) is 3. The molecule has 0 saturated heterocycles. The molecular formula is C23H16O5. The first-order chi connectivity index (χ1) is 13.6. The van der Waals surface area contributed by atoms with Gasteiger partial charge in [0.2, 0.25) is 5.78 Å². The highest BCUT2D eigenvalue weighted by Crippen LogP contribution is 2.35. The van der Waals surface area contributed by atoms with E-state index in [9.17, 15) is 9.59 Å². The van der Waals surface area contributed by atoms with E-state index in [0.717, 1.165) is 5.56 Å². The third-order valence-electron chi connectivity index (χ3n) is 4.28. The highest BCUT2D eigenvalue weighted by molar-refractivity contribution is 6.14. The SMILES string of the molecule is COc1ccc(C(=O)Oc2ccc3c(c2)OC(=Cc2ccccc2)C3=O)cc1. The summed E-state index contributed by atoms with van der Waals surface area (Å²) < 4.78 is 16.2. The second-order valence-electron chi connectivity index (χ2n) is 6.13. The first-order valence-electron chi connectivity index (χ1n) is 8.63. The van der Waals surface area contributed by atoms with Gasteiger partial charge in [-0.2, -0.15) is 0 Å². The molecule has 0 amide bonds. The van der Waals surface area contributed by atoms with Crippen molar-refractivity contribution in [1.82, 2.24) is 0 Å². The van der Waals surface area contributed by atoms with Crippen LogP contribution in [0.25, 0.3) is 6.08 Å². The van der Waals surface area contributed by atoms with Crippen LogP contribution in [0.1, 0.15) is 26.3 Å². The summed E-state index contributed by atoms with van der Waals surface area (Å²) in [5, 5.41) is 0. The molecule has 0 N–H and O–H groups in total. The molecule has 4 rings (SSSR count). The number of ketones is 1. The van der Waals surface area contributed by atoms with Crippen molar-refractivity contribution in [2.75, 3.05) is 7.11 Å². The van der Waals surface area contributed by atoms with Gasteiger partial charge >= 0.3 is 5.97 Å². The minimum Gasteiger partial charge on any atom is -0.497 e. The van der Waals surface area contributed by atoms with Crippen molar-refractivity contribution in [2.24, 2.45) is 0 Å². The topological polar surface area (TPSA) is 61.8 Å². The summed E-state index contributed by atoms with van der Waals surface area (Å²) in [7, 11) is 1.56. The molecule has 0 fully saturated rings. The highest BCUT2D eigenvalue weighted by atomic mass is 16.5. The summed E-state index contributed by atoms with van der Waals surface area (Å²) in [6, 6.07) is 20.8. The third kappa shape index (κ3) is 3.50. The van der Waals surface area contributed by atoms with Gasteiger partial charge in [-0.05, 0) is 48.0 Å². The third-order valence-corrected chi connectivity index (χ3v) is 4.28. The van der Waals surface area contributed by atoms with Crippen molar-refractivity contribution in [3.63, 3.8) is 0 Å². The molecule has 0 radical (unpaired) electrons. The van der Waals surface area contributed by atoms with Crippen LogP contribution in [0.15, 0.2) is 78.6 Å². The minimum atomic E-state index is -0.507. The Morgan fingerprint density at radius 3 is 2.36 bits per heavy atom. The number of carbonyl (C=O) groups is 2. The second kappa shape index (κ2) is 7.40. The van der Waals surface area contributed by atoms with Gasteiger partial charge in [-0.15, -0.1) is 0 Å². The molecule has 1 aliphatic heterocycles. The largest absolute Gasteiger partial charge is 0.497 e. The number of methoxy groups -OCH3 is 1. The van der Waals surface area contributed by atoms with E-state index in [2.05, 4.69) is 0 Å². The Kier molecular flexibility index (Phi) is 4.64. The Bertz CT molecular complexity index is 1070. The molecule has 0 bridgehead atoms. The number of allylic oxidation sites excluding steroid dienone is 1. The van der Waals surface area contributed by atoms with Gasteiger partial charge in [-0.25, -0.2) is 4.79 Å². The number of esters is 1. The summed E-state index contributed by atoms with van der Waals surface area (Å²) in [4.78, 5) is 24.8. The molecule has 0 aromatic heterocycles. The minimum absolute atomic E-state index is 0.202. The van der Waals surface area contributed by atoms with Crippen LogP contribution in [0.2, 0.25) is 0 Å². The lowest BCUT2D eigenvalue weighted by atomic mass is 10.1. The molecule has 0 atom stereocenters. The lowest BCUT2D eigenvalue weighted by molar-refractivity contribution is 0.0734. The first kappa shape index (κ1) is 17.5. The molecule has 3 aromatic rings. The maximum atomic E-state index is 12.5. The van der Waals surface area contributed by atoms with Crippen molar-refractivity contribution in [2.45, 2.75) is 0 Å². The van der Waals surface area contributed by atoms with E-state index in [0.29, 0.717) is 28.4 Å². The number of hydrogen-bond acceptors (Lipinski definition) is 5.